The molecule has 128 valence electrons. The van der Waals surface area contributed by atoms with Crippen LogP contribution in [-0.2, 0) is 13.0 Å². The Kier molecular flexibility index (Phi) is 5.80. The van der Waals surface area contributed by atoms with Crippen molar-refractivity contribution in [1.29, 1.82) is 0 Å². The number of hydrogen-bond acceptors (Lipinski definition) is 4. The van der Waals surface area contributed by atoms with Crippen molar-refractivity contribution in [3.63, 3.8) is 0 Å². The molecule has 3 rings (SSSR count). The van der Waals surface area contributed by atoms with Gasteiger partial charge in [-0.05, 0) is 36.6 Å². The lowest BCUT2D eigenvalue weighted by Gasteiger charge is -2.08. The number of carbonyl (C=O) groups excluding carboxylic acids is 1. The van der Waals surface area contributed by atoms with E-state index in [-0.39, 0.29) is 5.91 Å². The zero-order valence-corrected chi connectivity index (χ0v) is 14.9. The molecule has 0 bridgehead atoms. The summed E-state index contributed by atoms with van der Waals surface area (Å²) in [7, 11) is 0. The van der Waals surface area contributed by atoms with Gasteiger partial charge in [-0.1, -0.05) is 42.5 Å². The summed E-state index contributed by atoms with van der Waals surface area (Å²) in [6, 6.07) is 18.1. The van der Waals surface area contributed by atoms with Gasteiger partial charge in [0.25, 0.3) is 5.91 Å². The molecule has 0 fully saturated rings. The average Bonchev–Trinajstić information content (AvgIpc) is 3.08. The first-order valence-corrected chi connectivity index (χ1v) is 9.04. The number of hydrogen-bond donors (Lipinski definition) is 1. The summed E-state index contributed by atoms with van der Waals surface area (Å²) in [5.74, 6) is 0.791. The number of rotatable bonds is 7. The normalized spacial score (nSPS) is 10.4. The third-order valence-electron chi connectivity index (χ3n) is 3.82. The first-order valence-electron chi connectivity index (χ1n) is 8.16. The molecule has 1 heterocycles. The van der Waals surface area contributed by atoms with Gasteiger partial charge in [0.2, 0.25) is 0 Å². The fourth-order valence-electron chi connectivity index (χ4n) is 2.41. The van der Waals surface area contributed by atoms with E-state index in [9.17, 15) is 4.79 Å². The van der Waals surface area contributed by atoms with Gasteiger partial charge in [0, 0.05) is 6.54 Å². The van der Waals surface area contributed by atoms with Gasteiger partial charge in [0.1, 0.15) is 17.2 Å². The van der Waals surface area contributed by atoms with Crippen molar-refractivity contribution in [2.75, 3.05) is 6.54 Å². The first-order chi connectivity index (χ1) is 12.2. The average molecular weight is 352 g/mol. The monoisotopic (exact) mass is 352 g/mol. The minimum atomic E-state index is -0.0529. The molecule has 0 aliphatic heterocycles. The second-order valence-electron chi connectivity index (χ2n) is 5.69. The van der Waals surface area contributed by atoms with Gasteiger partial charge < -0.3 is 10.1 Å². The molecule has 1 N–H and O–H groups in total. The molecule has 1 aromatic heterocycles. The van der Waals surface area contributed by atoms with Gasteiger partial charge in [-0.15, -0.1) is 11.3 Å². The minimum Gasteiger partial charge on any atom is -0.489 e. The predicted octanol–water partition coefficient (Wildman–Crippen LogP) is 4.00. The van der Waals surface area contributed by atoms with Crippen LogP contribution in [0.1, 0.15) is 26.5 Å². The molecule has 4 nitrogen and oxygen atoms in total. The zero-order chi connectivity index (χ0) is 17.5. The van der Waals surface area contributed by atoms with Gasteiger partial charge in [0.05, 0.1) is 11.2 Å². The van der Waals surface area contributed by atoms with Crippen molar-refractivity contribution < 1.29 is 9.53 Å². The number of thiazole rings is 1. The summed E-state index contributed by atoms with van der Waals surface area (Å²) >= 11 is 1.37. The molecule has 25 heavy (non-hydrogen) atoms. The van der Waals surface area contributed by atoms with Crippen LogP contribution in [0.5, 0.6) is 5.75 Å². The quantitative estimate of drug-likeness (QED) is 0.699. The number of carbonyl (C=O) groups is 1. The molecular weight excluding hydrogens is 332 g/mol. The minimum absolute atomic E-state index is 0.0529. The van der Waals surface area contributed by atoms with Crippen LogP contribution in [0.25, 0.3) is 0 Å². The van der Waals surface area contributed by atoms with Crippen molar-refractivity contribution in [1.82, 2.24) is 10.3 Å². The number of aromatic nitrogens is 1. The van der Waals surface area contributed by atoms with Crippen LogP contribution in [0, 0.1) is 6.92 Å². The van der Waals surface area contributed by atoms with Crippen LogP contribution < -0.4 is 10.1 Å². The van der Waals surface area contributed by atoms with Crippen molar-refractivity contribution in [2.24, 2.45) is 0 Å². The molecular formula is C20H20N2O2S. The van der Waals surface area contributed by atoms with E-state index in [1.165, 1.54) is 11.3 Å². The van der Waals surface area contributed by atoms with Crippen LogP contribution in [0.3, 0.4) is 0 Å². The maximum absolute atomic E-state index is 12.0. The van der Waals surface area contributed by atoms with Gasteiger partial charge in [0.15, 0.2) is 0 Å². The number of amides is 1. The molecule has 0 aliphatic rings. The lowest BCUT2D eigenvalue weighted by Crippen LogP contribution is -2.25. The van der Waals surface area contributed by atoms with Gasteiger partial charge in [-0.3, -0.25) is 4.79 Å². The third-order valence-corrected chi connectivity index (χ3v) is 4.75. The van der Waals surface area contributed by atoms with Crippen LogP contribution in [0.15, 0.2) is 60.1 Å². The highest BCUT2D eigenvalue weighted by Gasteiger charge is 2.10. The molecule has 2 aromatic carbocycles. The highest BCUT2D eigenvalue weighted by Crippen LogP contribution is 2.15. The van der Waals surface area contributed by atoms with E-state index >= 15 is 0 Å². The van der Waals surface area contributed by atoms with Gasteiger partial charge in [-0.25, -0.2) is 4.98 Å². The van der Waals surface area contributed by atoms with Crippen LogP contribution >= 0.6 is 11.3 Å². The fraction of sp³-hybridized carbons (Fsp3) is 0.200. The summed E-state index contributed by atoms with van der Waals surface area (Å²) in [5.41, 5.74) is 4.78. The fourth-order valence-corrected chi connectivity index (χ4v) is 3.13. The molecule has 0 radical (unpaired) electrons. The second kappa shape index (κ2) is 8.44. The summed E-state index contributed by atoms with van der Waals surface area (Å²) in [6.45, 7) is 3.00. The lowest BCUT2D eigenvalue weighted by molar-refractivity contribution is 0.0957. The number of benzene rings is 2. The molecule has 0 unspecified atom stereocenters. The second-order valence-corrected chi connectivity index (χ2v) is 6.55. The van der Waals surface area contributed by atoms with E-state index in [0.717, 1.165) is 29.0 Å². The van der Waals surface area contributed by atoms with Crippen molar-refractivity contribution in [3.8, 4) is 5.75 Å². The van der Waals surface area contributed by atoms with Gasteiger partial charge in [-0.2, -0.15) is 0 Å². The van der Waals surface area contributed by atoms with Crippen molar-refractivity contribution in [3.05, 3.63) is 81.8 Å². The van der Waals surface area contributed by atoms with Gasteiger partial charge >= 0.3 is 0 Å². The standard InChI is InChI=1S/C20H20N2O2S/c1-15-19(25-14-22-15)20(23)21-12-11-16-7-9-18(10-8-16)24-13-17-5-3-2-4-6-17/h2-10,14H,11-13H2,1H3,(H,21,23). The number of aryl methyl sites for hydroxylation is 1. The Morgan fingerprint density at radius 2 is 1.84 bits per heavy atom. The van der Waals surface area contributed by atoms with Crippen LogP contribution in [-0.4, -0.2) is 17.4 Å². The van der Waals surface area contributed by atoms with E-state index in [2.05, 4.69) is 10.3 Å². The predicted molar refractivity (Wildman–Crippen MR) is 100 cm³/mol. The largest absolute Gasteiger partial charge is 0.489 e. The highest BCUT2D eigenvalue weighted by atomic mass is 32.1. The Morgan fingerprint density at radius 3 is 2.52 bits per heavy atom. The van der Waals surface area contributed by atoms with E-state index in [4.69, 9.17) is 4.74 Å². The molecule has 0 aliphatic carbocycles. The number of nitrogens with one attached hydrogen (secondary N) is 1. The Bertz CT molecular complexity index is 813. The van der Waals surface area contributed by atoms with Crippen molar-refractivity contribution in [2.45, 2.75) is 20.0 Å². The molecule has 0 saturated heterocycles. The summed E-state index contributed by atoms with van der Waals surface area (Å²) in [6.07, 6.45) is 0.780. The van der Waals surface area contributed by atoms with E-state index in [1.807, 2.05) is 61.5 Å². The highest BCUT2D eigenvalue weighted by molar-refractivity contribution is 7.11. The van der Waals surface area contributed by atoms with E-state index in [1.54, 1.807) is 5.51 Å². The Morgan fingerprint density at radius 1 is 1.08 bits per heavy atom. The zero-order valence-electron chi connectivity index (χ0n) is 14.1. The summed E-state index contributed by atoms with van der Waals surface area (Å²) in [4.78, 5) is 16.8. The maximum atomic E-state index is 12.0. The molecule has 0 saturated carbocycles. The maximum Gasteiger partial charge on any atom is 0.263 e. The topological polar surface area (TPSA) is 51.2 Å². The van der Waals surface area contributed by atoms with Crippen LogP contribution in [0.4, 0.5) is 0 Å². The lowest BCUT2D eigenvalue weighted by atomic mass is 10.1. The Hall–Kier alpha value is -2.66. The Labute approximate surface area is 151 Å². The molecule has 1 amide bonds. The molecule has 0 spiro atoms. The third kappa shape index (κ3) is 4.90. The summed E-state index contributed by atoms with van der Waals surface area (Å²) in [5, 5.41) is 2.94. The molecule has 3 aromatic rings. The van der Waals surface area contributed by atoms with Crippen LogP contribution in [0.2, 0.25) is 0 Å². The number of nitrogens with zero attached hydrogens (tertiary/aromatic N) is 1. The smallest absolute Gasteiger partial charge is 0.263 e. The Balaban J connectivity index is 1.44. The molecule has 0 atom stereocenters. The summed E-state index contributed by atoms with van der Waals surface area (Å²) < 4.78 is 5.78. The number of ether oxygens (including phenoxy) is 1. The first kappa shape index (κ1) is 17.2. The SMILES string of the molecule is Cc1ncsc1C(=O)NCCc1ccc(OCc2ccccc2)cc1. The van der Waals surface area contributed by atoms with E-state index in [0.29, 0.717) is 18.0 Å². The van der Waals surface area contributed by atoms with Crippen molar-refractivity contribution >= 4 is 17.2 Å². The van der Waals surface area contributed by atoms with E-state index < -0.39 is 0 Å². The molecule has 5 heteroatoms.